The van der Waals surface area contributed by atoms with Crippen LogP contribution in [0.25, 0.3) is 6.08 Å². The zero-order chi connectivity index (χ0) is 21.5. The van der Waals surface area contributed by atoms with Crippen molar-refractivity contribution in [2.24, 2.45) is 4.99 Å². The third-order valence-electron chi connectivity index (χ3n) is 3.92. The topological polar surface area (TPSA) is 69.2 Å². The Labute approximate surface area is 188 Å². The van der Waals surface area contributed by atoms with Crippen molar-refractivity contribution in [3.05, 3.63) is 64.0 Å². The van der Waals surface area contributed by atoms with Crippen LogP contribution in [0.4, 0.5) is 5.69 Å². The summed E-state index contributed by atoms with van der Waals surface area (Å²) in [5.74, 6) is 1.72. The number of carbonyl (C=O) groups is 1. The molecular formula is C22H21BrN2O4S. The minimum Gasteiger partial charge on any atom is -0.494 e. The maximum absolute atomic E-state index is 12.4. The molecule has 1 amide bonds. The molecule has 8 heteroatoms. The highest BCUT2D eigenvalue weighted by atomic mass is 79.9. The summed E-state index contributed by atoms with van der Waals surface area (Å²) in [7, 11) is 1.57. The van der Waals surface area contributed by atoms with E-state index in [0.717, 1.165) is 21.5 Å². The monoisotopic (exact) mass is 488 g/mol. The van der Waals surface area contributed by atoms with Crippen LogP contribution in [0, 0.1) is 0 Å². The standard InChI is InChI=1S/C22H21BrN2O4S/c1-4-10-29-20-17(23)11-14(12-18(20)27-3)13-19-21(26)25-22(30-19)24-15-6-8-16(9-7-15)28-5-2/h4,6-9,11-13H,1,5,10H2,2-3H3,(H,24,25,26). The highest BCUT2D eigenvalue weighted by molar-refractivity contribution is 9.10. The lowest BCUT2D eigenvalue weighted by molar-refractivity contribution is -0.115. The summed E-state index contributed by atoms with van der Waals surface area (Å²) < 4.78 is 17.2. The average molecular weight is 489 g/mol. The fraction of sp³-hybridized carbons (Fsp3) is 0.182. The van der Waals surface area contributed by atoms with Gasteiger partial charge in [0.15, 0.2) is 16.7 Å². The highest BCUT2D eigenvalue weighted by Crippen LogP contribution is 2.38. The lowest BCUT2D eigenvalue weighted by Crippen LogP contribution is -2.19. The molecule has 2 aromatic rings. The third-order valence-corrected chi connectivity index (χ3v) is 5.42. The molecule has 1 saturated heterocycles. The number of thioether (sulfide) groups is 1. The van der Waals surface area contributed by atoms with Crippen molar-refractivity contribution in [3.8, 4) is 17.2 Å². The van der Waals surface area contributed by atoms with E-state index in [2.05, 4.69) is 32.8 Å². The average Bonchev–Trinajstić information content (AvgIpc) is 3.07. The summed E-state index contributed by atoms with van der Waals surface area (Å²) in [6.07, 6.45) is 3.44. The van der Waals surface area contributed by atoms with E-state index in [4.69, 9.17) is 14.2 Å². The number of hydrogen-bond donors (Lipinski definition) is 1. The molecule has 0 unspecified atom stereocenters. The third kappa shape index (κ3) is 5.46. The minimum atomic E-state index is -0.202. The van der Waals surface area contributed by atoms with E-state index in [1.807, 2.05) is 43.3 Å². The highest BCUT2D eigenvalue weighted by Gasteiger charge is 2.24. The molecule has 0 aliphatic carbocycles. The Morgan fingerprint density at radius 2 is 2.00 bits per heavy atom. The van der Waals surface area contributed by atoms with E-state index in [-0.39, 0.29) is 5.91 Å². The first kappa shape index (κ1) is 22.0. The van der Waals surface area contributed by atoms with Gasteiger partial charge in [0, 0.05) is 0 Å². The number of methoxy groups -OCH3 is 1. The van der Waals surface area contributed by atoms with Crippen LogP contribution in [0.3, 0.4) is 0 Å². The molecule has 30 heavy (non-hydrogen) atoms. The molecule has 0 aromatic heterocycles. The smallest absolute Gasteiger partial charge is 0.264 e. The summed E-state index contributed by atoms with van der Waals surface area (Å²) in [6, 6.07) is 11.1. The van der Waals surface area contributed by atoms with E-state index in [1.54, 1.807) is 19.3 Å². The molecule has 1 N–H and O–H groups in total. The molecule has 1 heterocycles. The van der Waals surface area contributed by atoms with Crippen LogP contribution in [-0.4, -0.2) is 31.4 Å². The molecule has 0 atom stereocenters. The zero-order valence-corrected chi connectivity index (χ0v) is 19.0. The van der Waals surface area contributed by atoms with Gasteiger partial charge < -0.3 is 19.5 Å². The van der Waals surface area contributed by atoms with Gasteiger partial charge in [0.2, 0.25) is 0 Å². The van der Waals surface area contributed by atoms with Crippen LogP contribution in [0.2, 0.25) is 0 Å². The largest absolute Gasteiger partial charge is 0.494 e. The van der Waals surface area contributed by atoms with Gasteiger partial charge in [-0.05, 0) is 82.7 Å². The quantitative estimate of drug-likeness (QED) is 0.402. The van der Waals surface area contributed by atoms with Gasteiger partial charge in [-0.1, -0.05) is 12.7 Å². The van der Waals surface area contributed by atoms with Gasteiger partial charge in [0.25, 0.3) is 5.91 Å². The Bertz CT molecular complexity index is 1000. The summed E-state index contributed by atoms with van der Waals surface area (Å²) in [5.41, 5.74) is 1.53. The van der Waals surface area contributed by atoms with Gasteiger partial charge in [-0.2, -0.15) is 0 Å². The number of ether oxygens (including phenoxy) is 3. The molecule has 156 valence electrons. The van der Waals surface area contributed by atoms with Gasteiger partial charge in [0.05, 0.1) is 28.8 Å². The second-order valence-electron chi connectivity index (χ2n) is 6.04. The number of benzene rings is 2. The van der Waals surface area contributed by atoms with Crippen LogP contribution in [0.5, 0.6) is 17.2 Å². The molecule has 3 rings (SSSR count). The van der Waals surface area contributed by atoms with Crippen molar-refractivity contribution in [1.29, 1.82) is 0 Å². The second-order valence-corrected chi connectivity index (χ2v) is 7.93. The Balaban J connectivity index is 1.80. The number of rotatable bonds is 8. The predicted octanol–water partition coefficient (Wildman–Crippen LogP) is 5.31. The number of amides is 1. The van der Waals surface area contributed by atoms with Crippen molar-refractivity contribution >= 4 is 50.5 Å². The first-order valence-corrected chi connectivity index (χ1v) is 10.8. The Morgan fingerprint density at radius 1 is 1.23 bits per heavy atom. The second kappa shape index (κ2) is 10.4. The van der Waals surface area contributed by atoms with Gasteiger partial charge >= 0.3 is 0 Å². The maximum atomic E-state index is 12.4. The number of nitrogens with zero attached hydrogens (tertiary/aromatic N) is 1. The van der Waals surface area contributed by atoms with E-state index < -0.39 is 0 Å². The first-order valence-electron chi connectivity index (χ1n) is 9.17. The van der Waals surface area contributed by atoms with Crippen LogP contribution in [0.1, 0.15) is 12.5 Å². The number of hydrogen-bond acceptors (Lipinski definition) is 6. The number of amidine groups is 1. The van der Waals surface area contributed by atoms with E-state index in [1.165, 1.54) is 11.8 Å². The number of nitrogens with one attached hydrogen (secondary N) is 1. The molecule has 0 bridgehead atoms. The predicted molar refractivity (Wildman–Crippen MR) is 125 cm³/mol. The summed E-state index contributed by atoms with van der Waals surface area (Å²) in [6.45, 7) is 6.55. The number of carbonyl (C=O) groups excluding carboxylic acids is 1. The van der Waals surface area contributed by atoms with Gasteiger partial charge in [-0.3, -0.25) is 4.79 Å². The van der Waals surface area contributed by atoms with Crippen molar-refractivity contribution < 1.29 is 19.0 Å². The van der Waals surface area contributed by atoms with Gasteiger partial charge in [-0.15, -0.1) is 0 Å². The van der Waals surface area contributed by atoms with Crippen LogP contribution >= 0.6 is 27.7 Å². The van der Waals surface area contributed by atoms with Crippen LogP contribution in [-0.2, 0) is 4.79 Å². The zero-order valence-electron chi connectivity index (χ0n) is 16.6. The molecule has 0 radical (unpaired) electrons. The number of halogens is 1. The molecule has 0 spiro atoms. The molecule has 1 aliphatic rings. The van der Waals surface area contributed by atoms with E-state index >= 15 is 0 Å². The Kier molecular flexibility index (Phi) is 7.59. The fourth-order valence-corrected chi connectivity index (χ4v) is 4.05. The SMILES string of the molecule is C=CCOc1c(Br)cc(C=C2SC(=Nc3ccc(OCC)cc3)NC2=O)cc1OC. The van der Waals surface area contributed by atoms with E-state index in [0.29, 0.717) is 34.8 Å². The molecule has 6 nitrogen and oxygen atoms in total. The molecule has 0 saturated carbocycles. The molecule has 1 fully saturated rings. The van der Waals surface area contributed by atoms with Crippen molar-refractivity contribution in [3.63, 3.8) is 0 Å². The van der Waals surface area contributed by atoms with E-state index in [9.17, 15) is 4.79 Å². The van der Waals surface area contributed by atoms with Crippen LogP contribution in [0.15, 0.2) is 63.4 Å². The molecular weight excluding hydrogens is 468 g/mol. The van der Waals surface area contributed by atoms with Crippen molar-refractivity contribution in [2.75, 3.05) is 20.3 Å². The van der Waals surface area contributed by atoms with Crippen LogP contribution < -0.4 is 19.5 Å². The Morgan fingerprint density at radius 3 is 2.67 bits per heavy atom. The van der Waals surface area contributed by atoms with Gasteiger partial charge in [0.1, 0.15) is 12.4 Å². The summed E-state index contributed by atoms with van der Waals surface area (Å²) >= 11 is 4.78. The summed E-state index contributed by atoms with van der Waals surface area (Å²) in [5, 5.41) is 3.31. The molecule has 1 aliphatic heterocycles. The van der Waals surface area contributed by atoms with Gasteiger partial charge in [-0.25, -0.2) is 4.99 Å². The fourth-order valence-electron chi connectivity index (χ4n) is 2.64. The molecule has 2 aromatic carbocycles. The minimum absolute atomic E-state index is 0.202. The maximum Gasteiger partial charge on any atom is 0.264 e. The Hall–Kier alpha value is -2.71. The lowest BCUT2D eigenvalue weighted by atomic mass is 10.2. The normalized spacial score (nSPS) is 15.9. The van der Waals surface area contributed by atoms with Crippen molar-refractivity contribution in [2.45, 2.75) is 6.92 Å². The number of aliphatic imine (C=N–C) groups is 1. The summed E-state index contributed by atoms with van der Waals surface area (Å²) in [4.78, 5) is 17.4. The first-order chi connectivity index (χ1) is 14.5. The van der Waals surface area contributed by atoms with Crippen molar-refractivity contribution in [1.82, 2.24) is 5.32 Å². The lowest BCUT2D eigenvalue weighted by Gasteiger charge is -2.12.